The molecule has 2 nitrogen and oxygen atoms in total. The Labute approximate surface area is 97.1 Å². The van der Waals surface area contributed by atoms with Gasteiger partial charge >= 0.3 is 0 Å². The summed E-state index contributed by atoms with van der Waals surface area (Å²) in [6, 6.07) is 10.9. The van der Waals surface area contributed by atoms with Gasteiger partial charge in [-0.2, -0.15) is 0 Å². The summed E-state index contributed by atoms with van der Waals surface area (Å²) in [5.41, 5.74) is 1.38. The molecule has 0 spiro atoms. The number of nitrogens with one attached hydrogen (secondary N) is 1. The van der Waals surface area contributed by atoms with Crippen molar-refractivity contribution in [3.63, 3.8) is 0 Å². The SMILES string of the molecule is CC(=O)NC1CCCC1Cc1ccccc1. The first kappa shape index (κ1) is 11.2. The molecule has 2 atom stereocenters. The molecule has 0 radical (unpaired) electrons. The molecular formula is C14H19NO. The standard InChI is InChI=1S/C14H19NO/c1-11(16)15-14-9-5-8-13(14)10-12-6-3-2-4-7-12/h2-4,6-7,13-14H,5,8-10H2,1H3,(H,15,16). The Morgan fingerprint density at radius 1 is 1.31 bits per heavy atom. The van der Waals surface area contributed by atoms with E-state index in [4.69, 9.17) is 0 Å². The zero-order valence-corrected chi connectivity index (χ0v) is 9.78. The average Bonchev–Trinajstić information content (AvgIpc) is 2.66. The van der Waals surface area contributed by atoms with E-state index in [1.165, 1.54) is 18.4 Å². The molecule has 1 aromatic carbocycles. The zero-order chi connectivity index (χ0) is 11.4. The molecule has 0 bridgehead atoms. The van der Waals surface area contributed by atoms with Crippen molar-refractivity contribution in [3.05, 3.63) is 35.9 Å². The zero-order valence-electron chi connectivity index (χ0n) is 9.78. The van der Waals surface area contributed by atoms with Crippen LogP contribution in [0.25, 0.3) is 0 Å². The highest BCUT2D eigenvalue weighted by atomic mass is 16.1. The van der Waals surface area contributed by atoms with Crippen molar-refractivity contribution in [1.29, 1.82) is 0 Å². The van der Waals surface area contributed by atoms with Gasteiger partial charge in [-0.05, 0) is 30.7 Å². The maximum absolute atomic E-state index is 11.1. The normalized spacial score (nSPS) is 24.3. The third-order valence-corrected chi connectivity index (χ3v) is 3.39. The van der Waals surface area contributed by atoms with Gasteiger partial charge in [0.25, 0.3) is 0 Å². The number of hydrogen-bond donors (Lipinski definition) is 1. The third kappa shape index (κ3) is 2.84. The van der Waals surface area contributed by atoms with Gasteiger partial charge in [-0.3, -0.25) is 4.79 Å². The van der Waals surface area contributed by atoms with Gasteiger partial charge in [0, 0.05) is 13.0 Å². The quantitative estimate of drug-likeness (QED) is 0.828. The van der Waals surface area contributed by atoms with E-state index in [0.29, 0.717) is 12.0 Å². The largest absolute Gasteiger partial charge is 0.353 e. The number of hydrogen-bond acceptors (Lipinski definition) is 1. The molecule has 1 amide bonds. The van der Waals surface area contributed by atoms with Crippen molar-refractivity contribution < 1.29 is 4.79 Å². The van der Waals surface area contributed by atoms with Gasteiger partial charge in [0.1, 0.15) is 0 Å². The number of rotatable bonds is 3. The minimum absolute atomic E-state index is 0.102. The van der Waals surface area contributed by atoms with Crippen molar-refractivity contribution >= 4 is 5.91 Å². The van der Waals surface area contributed by atoms with Gasteiger partial charge in [0.2, 0.25) is 5.91 Å². The monoisotopic (exact) mass is 217 g/mol. The first-order valence-electron chi connectivity index (χ1n) is 6.07. The summed E-state index contributed by atoms with van der Waals surface area (Å²) in [4.78, 5) is 11.1. The predicted octanol–water partition coefficient (Wildman–Crippen LogP) is 2.53. The smallest absolute Gasteiger partial charge is 0.217 e. The molecule has 1 fully saturated rings. The summed E-state index contributed by atoms with van der Waals surface area (Å²) in [6.45, 7) is 1.61. The summed E-state index contributed by atoms with van der Waals surface area (Å²) >= 11 is 0. The molecule has 0 saturated heterocycles. The Kier molecular flexibility index (Phi) is 3.60. The molecule has 1 aliphatic rings. The second-order valence-corrected chi connectivity index (χ2v) is 4.69. The lowest BCUT2D eigenvalue weighted by Crippen LogP contribution is -2.36. The number of carbonyl (C=O) groups excluding carboxylic acids is 1. The highest BCUT2D eigenvalue weighted by molar-refractivity contribution is 5.73. The fourth-order valence-corrected chi connectivity index (χ4v) is 2.65. The minimum atomic E-state index is 0.102. The van der Waals surface area contributed by atoms with Crippen molar-refractivity contribution in [2.75, 3.05) is 0 Å². The second-order valence-electron chi connectivity index (χ2n) is 4.69. The van der Waals surface area contributed by atoms with Gasteiger partial charge in [0.05, 0.1) is 0 Å². The molecule has 0 aliphatic heterocycles. The van der Waals surface area contributed by atoms with E-state index in [2.05, 4.69) is 29.6 Å². The molecule has 1 saturated carbocycles. The van der Waals surface area contributed by atoms with Crippen molar-refractivity contribution in [3.8, 4) is 0 Å². The lowest BCUT2D eigenvalue weighted by atomic mass is 9.94. The summed E-state index contributed by atoms with van der Waals surface area (Å²) in [5.74, 6) is 0.719. The molecule has 1 aliphatic carbocycles. The molecule has 1 aromatic rings. The van der Waals surface area contributed by atoms with E-state index in [0.717, 1.165) is 12.8 Å². The van der Waals surface area contributed by atoms with Crippen molar-refractivity contribution in [1.82, 2.24) is 5.32 Å². The number of benzene rings is 1. The Hall–Kier alpha value is -1.31. The van der Waals surface area contributed by atoms with Crippen LogP contribution in [0.2, 0.25) is 0 Å². The maximum atomic E-state index is 11.1. The highest BCUT2D eigenvalue weighted by Gasteiger charge is 2.27. The lowest BCUT2D eigenvalue weighted by Gasteiger charge is -2.20. The van der Waals surface area contributed by atoms with Crippen molar-refractivity contribution in [2.24, 2.45) is 5.92 Å². The van der Waals surface area contributed by atoms with E-state index < -0.39 is 0 Å². The molecule has 2 heteroatoms. The van der Waals surface area contributed by atoms with Crippen LogP contribution in [0.1, 0.15) is 31.7 Å². The van der Waals surface area contributed by atoms with E-state index in [-0.39, 0.29) is 5.91 Å². The van der Waals surface area contributed by atoms with Gasteiger partial charge in [0.15, 0.2) is 0 Å². The minimum Gasteiger partial charge on any atom is -0.353 e. The first-order valence-corrected chi connectivity index (χ1v) is 6.07. The van der Waals surface area contributed by atoms with Crippen LogP contribution in [0, 0.1) is 5.92 Å². The fraction of sp³-hybridized carbons (Fsp3) is 0.500. The molecular weight excluding hydrogens is 198 g/mol. The Morgan fingerprint density at radius 2 is 2.06 bits per heavy atom. The number of carbonyl (C=O) groups is 1. The van der Waals surface area contributed by atoms with Gasteiger partial charge in [-0.25, -0.2) is 0 Å². The van der Waals surface area contributed by atoms with Crippen LogP contribution in [-0.2, 0) is 11.2 Å². The summed E-state index contributed by atoms with van der Waals surface area (Å²) in [7, 11) is 0. The second kappa shape index (κ2) is 5.15. The van der Waals surface area contributed by atoms with E-state index in [1.54, 1.807) is 6.92 Å². The topological polar surface area (TPSA) is 29.1 Å². The van der Waals surface area contributed by atoms with Gasteiger partial charge in [-0.15, -0.1) is 0 Å². The van der Waals surface area contributed by atoms with Gasteiger partial charge in [-0.1, -0.05) is 36.8 Å². The predicted molar refractivity (Wildman–Crippen MR) is 65.1 cm³/mol. The Bertz CT molecular complexity index is 347. The first-order chi connectivity index (χ1) is 7.75. The van der Waals surface area contributed by atoms with Crippen LogP contribution >= 0.6 is 0 Å². The Morgan fingerprint density at radius 3 is 2.75 bits per heavy atom. The molecule has 2 rings (SSSR count). The molecule has 2 unspecified atom stereocenters. The van der Waals surface area contributed by atoms with E-state index in [9.17, 15) is 4.79 Å². The van der Waals surface area contributed by atoms with Crippen LogP contribution < -0.4 is 5.32 Å². The fourth-order valence-electron chi connectivity index (χ4n) is 2.65. The summed E-state index contributed by atoms with van der Waals surface area (Å²) in [6.07, 6.45) is 4.70. The summed E-state index contributed by atoms with van der Waals surface area (Å²) < 4.78 is 0. The average molecular weight is 217 g/mol. The molecule has 1 N–H and O–H groups in total. The van der Waals surface area contributed by atoms with Crippen LogP contribution in [-0.4, -0.2) is 11.9 Å². The van der Waals surface area contributed by atoms with Crippen LogP contribution in [0.15, 0.2) is 30.3 Å². The van der Waals surface area contributed by atoms with Gasteiger partial charge < -0.3 is 5.32 Å². The van der Waals surface area contributed by atoms with Crippen molar-refractivity contribution in [2.45, 2.75) is 38.6 Å². The molecule has 0 heterocycles. The van der Waals surface area contributed by atoms with Crippen LogP contribution in [0.5, 0.6) is 0 Å². The number of amides is 1. The molecule has 86 valence electrons. The Balaban J connectivity index is 1.96. The van der Waals surface area contributed by atoms with Crippen LogP contribution in [0.4, 0.5) is 0 Å². The van der Waals surface area contributed by atoms with Crippen LogP contribution in [0.3, 0.4) is 0 Å². The lowest BCUT2D eigenvalue weighted by molar-refractivity contribution is -0.119. The third-order valence-electron chi connectivity index (χ3n) is 3.39. The highest BCUT2D eigenvalue weighted by Crippen LogP contribution is 2.28. The maximum Gasteiger partial charge on any atom is 0.217 e. The van der Waals surface area contributed by atoms with E-state index >= 15 is 0 Å². The molecule has 16 heavy (non-hydrogen) atoms. The van der Waals surface area contributed by atoms with E-state index in [1.807, 2.05) is 6.07 Å². The summed E-state index contributed by atoms with van der Waals surface area (Å²) in [5, 5.41) is 3.07. The molecule has 0 aromatic heterocycles.